The number of benzene rings is 1. The van der Waals surface area contributed by atoms with Crippen LogP contribution in [0.4, 0.5) is 8.78 Å². The molecule has 0 fully saturated rings. The van der Waals surface area contributed by atoms with Gasteiger partial charge in [-0.05, 0) is 28.1 Å². The van der Waals surface area contributed by atoms with Gasteiger partial charge in [0, 0.05) is 17.6 Å². The van der Waals surface area contributed by atoms with Gasteiger partial charge in [0.25, 0.3) is 0 Å². The maximum Gasteiger partial charge on any atom is 0.387 e. The zero-order valence-electron chi connectivity index (χ0n) is 7.45. The lowest BCUT2D eigenvalue weighted by Crippen LogP contribution is -2.02. The van der Waals surface area contributed by atoms with Crippen molar-refractivity contribution in [3.8, 4) is 5.75 Å². The third-order valence-corrected chi connectivity index (χ3v) is 2.49. The summed E-state index contributed by atoms with van der Waals surface area (Å²) >= 11 is 3.16. The van der Waals surface area contributed by atoms with Crippen LogP contribution in [0.3, 0.4) is 0 Å². The van der Waals surface area contributed by atoms with Gasteiger partial charge in [0.2, 0.25) is 0 Å². The van der Waals surface area contributed by atoms with Gasteiger partial charge in [0.15, 0.2) is 0 Å². The van der Waals surface area contributed by atoms with Crippen molar-refractivity contribution in [2.24, 2.45) is 0 Å². The van der Waals surface area contributed by atoms with Crippen LogP contribution in [-0.4, -0.2) is 11.6 Å². The van der Waals surface area contributed by atoms with Crippen LogP contribution in [0.15, 0.2) is 34.9 Å². The van der Waals surface area contributed by atoms with Gasteiger partial charge < -0.3 is 4.74 Å². The van der Waals surface area contributed by atoms with Gasteiger partial charge >= 0.3 is 6.61 Å². The first-order chi connectivity index (χ1) is 7.16. The number of nitrogens with zero attached hydrogens (tertiary/aromatic N) is 1. The Hall–Kier alpha value is -1.23. The smallest absolute Gasteiger partial charge is 0.387 e. The lowest BCUT2D eigenvalue weighted by Gasteiger charge is -2.07. The third-order valence-electron chi connectivity index (χ3n) is 1.87. The molecule has 0 bridgehead atoms. The second-order valence-corrected chi connectivity index (χ2v) is 3.71. The van der Waals surface area contributed by atoms with Gasteiger partial charge in [0.1, 0.15) is 5.75 Å². The van der Waals surface area contributed by atoms with E-state index in [2.05, 4.69) is 25.7 Å². The molecule has 0 atom stereocenters. The normalized spacial score (nSPS) is 10.9. The lowest BCUT2D eigenvalue weighted by atomic mass is 10.2. The topological polar surface area (TPSA) is 22.1 Å². The number of rotatable bonds is 2. The number of alkyl halides is 2. The molecule has 5 heteroatoms. The number of aromatic nitrogens is 1. The molecule has 2 aromatic rings. The Morgan fingerprint density at radius 3 is 2.87 bits per heavy atom. The van der Waals surface area contributed by atoms with Crippen LogP contribution in [0.2, 0.25) is 0 Å². The van der Waals surface area contributed by atoms with Crippen LogP contribution >= 0.6 is 15.9 Å². The molecule has 0 saturated heterocycles. The summed E-state index contributed by atoms with van der Waals surface area (Å²) < 4.78 is 28.9. The number of hydrogen-bond donors (Lipinski definition) is 0. The van der Waals surface area contributed by atoms with Gasteiger partial charge in [-0.15, -0.1) is 0 Å². The summed E-state index contributed by atoms with van der Waals surface area (Å²) in [5, 5.41) is 0.867. The highest BCUT2D eigenvalue weighted by Gasteiger charge is 2.09. The summed E-state index contributed by atoms with van der Waals surface area (Å²) in [4.78, 5) is 4.04. The molecule has 2 rings (SSSR count). The van der Waals surface area contributed by atoms with Gasteiger partial charge in [0.05, 0.1) is 9.99 Å². The summed E-state index contributed by atoms with van der Waals surface area (Å²) in [7, 11) is 0. The minimum Gasteiger partial charge on any atom is -0.434 e. The Bertz CT molecular complexity index is 490. The van der Waals surface area contributed by atoms with Crippen LogP contribution < -0.4 is 4.74 Å². The molecule has 2 nitrogen and oxygen atoms in total. The second-order valence-electron chi connectivity index (χ2n) is 2.86. The molecule has 1 heterocycles. The predicted molar refractivity (Wildman–Crippen MR) is 56.1 cm³/mol. The first-order valence-electron chi connectivity index (χ1n) is 4.16. The zero-order chi connectivity index (χ0) is 10.8. The predicted octanol–water partition coefficient (Wildman–Crippen LogP) is 3.60. The number of halogens is 3. The van der Waals surface area contributed by atoms with Crippen molar-refractivity contribution in [1.82, 2.24) is 4.98 Å². The Morgan fingerprint density at radius 2 is 2.13 bits per heavy atom. The third kappa shape index (κ3) is 2.23. The van der Waals surface area contributed by atoms with E-state index in [-0.39, 0.29) is 5.75 Å². The van der Waals surface area contributed by atoms with Crippen molar-refractivity contribution < 1.29 is 13.5 Å². The molecule has 78 valence electrons. The first kappa shape index (κ1) is 10.3. The molecule has 1 aromatic carbocycles. The van der Waals surface area contributed by atoms with E-state index in [0.29, 0.717) is 9.99 Å². The second kappa shape index (κ2) is 4.10. The average molecular weight is 274 g/mol. The molecule has 15 heavy (non-hydrogen) atoms. The standard InChI is InChI=1S/C10H6BrF2NO/c11-7-4-6-2-1-3-14-8(6)5-9(7)15-10(12)13/h1-5,10H. The number of fused-ring (bicyclic) bond motifs is 1. The molecular formula is C10H6BrF2NO. The zero-order valence-corrected chi connectivity index (χ0v) is 9.04. The minimum atomic E-state index is -2.83. The van der Waals surface area contributed by atoms with Crippen LogP contribution in [-0.2, 0) is 0 Å². The van der Waals surface area contributed by atoms with Crippen LogP contribution in [0.5, 0.6) is 5.75 Å². The van der Waals surface area contributed by atoms with Crippen molar-refractivity contribution in [1.29, 1.82) is 0 Å². The summed E-state index contributed by atoms with van der Waals surface area (Å²) in [6, 6.07) is 6.80. The van der Waals surface area contributed by atoms with Gasteiger partial charge in [-0.25, -0.2) is 0 Å². The van der Waals surface area contributed by atoms with E-state index in [4.69, 9.17) is 0 Å². The van der Waals surface area contributed by atoms with E-state index < -0.39 is 6.61 Å². The summed E-state index contributed by atoms with van der Waals surface area (Å²) in [5.41, 5.74) is 0.622. The fourth-order valence-corrected chi connectivity index (χ4v) is 1.71. The Kier molecular flexibility index (Phi) is 2.81. The number of ether oxygens (including phenoxy) is 1. The number of hydrogen-bond acceptors (Lipinski definition) is 2. The van der Waals surface area contributed by atoms with Gasteiger partial charge in [-0.1, -0.05) is 6.07 Å². The van der Waals surface area contributed by atoms with Crippen LogP contribution in [0.1, 0.15) is 0 Å². The average Bonchev–Trinajstić information content (AvgIpc) is 2.18. The van der Waals surface area contributed by atoms with Crippen LogP contribution in [0, 0.1) is 0 Å². The molecule has 0 aliphatic heterocycles. The molecule has 1 aromatic heterocycles. The van der Waals surface area contributed by atoms with E-state index >= 15 is 0 Å². The summed E-state index contributed by atoms with van der Waals surface area (Å²) in [6.07, 6.45) is 1.60. The molecule has 0 unspecified atom stereocenters. The van der Waals surface area contributed by atoms with Crippen molar-refractivity contribution in [3.63, 3.8) is 0 Å². The Morgan fingerprint density at radius 1 is 1.33 bits per heavy atom. The molecule has 0 aliphatic rings. The lowest BCUT2D eigenvalue weighted by molar-refractivity contribution is -0.0502. The SMILES string of the molecule is FC(F)Oc1cc2ncccc2cc1Br. The van der Waals surface area contributed by atoms with E-state index in [1.54, 1.807) is 18.3 Å². The molecular weight excluding hydrogens is 268 g/mol. The maximum absolute atomic E-state index is 12.0. The van der Waals surface area contributed by atoms with Crippen molar-refractivity contribution >= 4 is 26.8 Å². The fourth-order valence-electron chi connectivity index (χ4n) is 1.26. The molecule has 0 N–H and O–H groups in total. The molecule has 0 spiro atoms. The highest BCUT2D eigenvalue weighted by molar-refractivity contribution is 9.10. The van der Waals surface area contributed by atoms with E-state index in [9.17, 15) is 8.78 Å². The largest absolute Gasteiger partial charge is 0.434 e. The fraction of sp³-hybridized carbons (Fsp3) is 0.100. The van der Waals surface area contributed by atoms with Crippen molar-refractivity contribution in [3.05, 3.63) is 34.9 Å². The molecule has 0 aliphatic carbocycles. The monoisotopic (exact) mass is 273 g/mol. The Labute approximate surface area is 93.0 Å². The molecule has 0 amide bonds. The maximum atomic E-state index is 12.0. The van der Waals surface area contributed by atoms with E-state index in [0.717, 1.165) is 5.39 Å². The van der Waals surface area contributed by atoms with E-state index in [1.807, 2.05) is 6.07 Å². The molecule has 0 saturated carbocycles. The highest BCUT2D eigenvalue weighted by Crippen LogP contribution is 2.30. The van der Waals surface area contributed by atoms with Crippen molar-refractivity contribution in [2.45, 2.75) is 6.61 Å². The highest BCUT2D eigenvalue weighted by atomic mass is 79.9. The summed E-state index contributed by atoms with van der Waals surface area (Å²) in [5.74, 6) is 0.0937. The van der Waals surface area contributed by atoms with E-state index in [1.165, 1.54) is 6.07 Å². The van der Waals surface area contributed by atoms with Crippen LogP contribution in [0.25, 0.3) is 10.9 Å². The number of pyridine rings is 1. The quantitative estimate of drug-likeness (QED) is 0.834. The molecule has 0 radical (unpaired) electrons. The first-order valence-corrected chi connectivity index (χ1v) is 4.95. The Balaban J connectivity index is 2.52. The summed E-state index contributed by atoms with van der Waals surface area (Å²) in [6.45, 7) is -2.83. The van der Waals surface area contributed by atoms with Gasteiger partial charge in [-0.3, -0.25) is 4.98 Å². The van der Waals surface area contributed by atoms with Gasteiger partial charge in [-0.2, -0.15) is 8.78 Å². The minimum absolute atomic E-state index is 0.0937. The van der Waals surface area contributed by atoms with Crippen molar-refractivity contribution in [2.75, 3.05) is 0 Å².